The maximum Gasteiger partial charge on any atom is 0.251 e. The number of halogens is 3. The Morgan fingerprint density at radius 2 is 2.00 bits per heavy atom. The smallest absolute Gasteiger partial charge is 0.251 e. The first kappa shape index (κ1) is 17.0. The van der Waals surface area contributed by atoms with Gasteiger partial charge in [-0.2, -0.15) is 0 Å². The molecule has 4 rings (SSSR count). The van der Waals surface area contributed by atoms with Crippen molar-refractivity contribution in [2.45, 2.75) is 25.3 Å². The summed E-state index contributed by atoms with van der Waals surface area (Å²) in [6, 6.07) is 11.3. The number of rotatable bonds is 2. The number of benzene rings is 2. The van der Waals surface area contributed by atoms with E-state index in [0.29, 0.717) is 15.6 Å². The summed E-state index contributed by atoms with van der Waals surface area (Å²) in [4.78, 5) is 16.0. The van der Waals surface area contributed by atoms with Crippen LogP contribution in [0.5, 0.6) is 0 Å². The van der Waals surface area contributed by atoms with Crippen LogP contribution in [-0.4, -0.2) is 16.9 Å². The predicted molar refractivity (Wildman–Crippen MR) is 106 cm³/mol. The number of carbonyl (C=O) groups is 1. The van der Waals surface area contributed by atoms with Gasteiger partial charge in [0.15, 0.2) is 0 Å². The molecule has 2 N–H and O–H groups in total. The first-order valence-corrected chi connectivity index (χ1v) is 9.61. The summed E-state index contributed by atoms with van der Waals surface area (Å²) in [6.45, 7) is 0. The van der Waals surface area contributed by atoms with Crippen molar-refractivity contribution < 1.29 is 4.79 Å². The summed E-state index contributed by atoms with van der Waals surface area (Å²) in [5.74, 6) is -0.118. The van der Waals surface area contributed by atoms with Crippen LogP contribution in [-0.2, 0) is 12.8 Å². The summed E-state index contributed by atoms with van der Waals surface area (Å²) >= 11 is 15.5. The molecule has 1 aliphatic carbocycles. The molecule has 1 amide bonds. The van der Waals surface area contributed by atoms with Gasteiger partial charge in [0, 0.05) is 32.7 Å². The average molecular weight is 438 g/mol. The second-order valence-electron chi connectivity index (χ2n) is 6.31. The number of H-pyrrole nitrogens is 1. The topological polar surface area (TPSA) is 44.9 Å². The second kappa shape index (κ2) is 6.67. The van der Waals surface area contributed by atoms with Gasteiger partial charge in [-0.1, -0.05) is 39.1 Å². The van der Waals surface area contributed by atoms with Gasteiger partial charge >= 0.3 is 0 Å². The van der Waals surface area contributed by atoms with Crippen molar-refractivity contribution in [3.63, 3.8) is 0 Å². The van der Waals surface area contributed by atoms with Crippen LogP contribution >= 0.6 is 39.1 Å². The highest BCUT2D eigenvalue weighted by atomic mass is 79.9. The van der Waals surface area contributed by atoms with E-state index in [-0.39, 0.29) is 11.9 Å². The summed E-state index contributed by atoms with van der Waals surface area (Å²) in [6.07, 6.45) is 2.65. The molecule has 3 nitrogen and oxygen atoms in total. The van der Waals surface area contributed by atoms with Crippen LogP contribution in [0.3, 0.4) is 0 Å². The van der Waals surface area contributed by atoms with Gasteiger partial charge in [-0.3, -0.25) is 4.79 Å². The molecule has 6 heteroatoms. The molecule has 0 spiro atoms. The number of nitrogens with one attached hydrogen (secondary N) is 2. The van der Waals surface area contributed by atoms with Gasteiger partial charge in [0.2, 0.25) is 0 Å². The number of aromatic amines is 1. The van der Waals surface area contributed by atoms with Crippen molar-refractivity contribution in [3.8, 4) is 0 Å². The summed E-state index contributed by atoms with van der Waals surface area (Å²) in [5.41, 5.74) is 4.24. The summed E-state index contributed by atoms with van der Waals surface area (Å²) < 4.78 is 1.06. The van der Waals surface area contributed by atoms with Gasteiger partial charge in [0.05, 0.1) is 10.0 Å². The van der Waals surface area contributed by atoms with E-state index >= 15 is 0 Å². The lowest BCUT2D eigenvalue weighted by Gasteiger charge is -2.23. The molecule has 1 atom stereocenters. The number of amides is 1. The van der Waals surface area contributed by atoms with Gasteiger partial charge in [-0.25, -0.2) is 0 Å². The van der Waals surface area contributed by atoms with E-state index in [0.717, 1.165) is 29.3 Å². The van der Waals surface area contributed by atoms with Gasteiger partial charge in [-0.15, -0.1) is 0 Å². The second-order valence-corrected chi connectivity index (χ2v) is 8.04. The van der Waals surface area contributed by atoms with Crippen LogP contribution in [0.1, 0.15) is 28.0 Å². The highest BCUT2D eigenvalue weighted by Gasteiger charge is 2.24. The fourth-order valence-corrected chi connectivity index (χ4v) is 4.08. The molecule has 1 aliphatic rings. The molecular weight excluding hydrogens is 423 g/mol. The van der Waals surface area contributed by atoms with Gasteiger partial charge in [-0.05, 0) is 61.2 Å². The van der Waals surface area contributed by atoms with Crippen molar-refractivity contribution in [1.29, 1.82) is 0 Å². The van der Waals surface area contributed by atoms with E-state index < -0.39 is 0 Å². The molecule has 1 aromatic heterocycles. The average Bonchev–Trinajstić information content (AvgIpc) is 2.94. The molecule has 0 bridgehead atoms. The normalized spacial score (nSPS) is 16.7. The molecule has 0 saturated heterocycles. The van der Waals surface area contributed by atoms with Gasteiger partial charge < -0.3 is 10.3 Å². The Morgan fingerprint density at radius 1 is 1.16 bits per heavy atom. The Bertz CT molecular complexity index is 983. The van der Waals surface area contributed by atoms with Crippen molar-refractivity contribution in [1.82, 2.24) is 10.3 Å². The van der Waals surface area contributed by atoms with Crippen molar-refractivity contribution in [3.05, 3.63) is 67.7 Å². The zero-order valence-corrected chi connectivity index (χ0v) is 16.3. The maximum absolute atomic E-state index is 12.5. The van der Waals surface area contributed by atoms with Crippen LogP contribution in [0.4, 0.5) is 0 Å². The Kier molecular flexibility index (Phi) is 4.52. The quantitative estimate of drug-likeness (QED) is 0.544. The number of aryl methyl sites for hydroxylation is 1. The number of aromatic nitrogens is 1. The van der Waals surface area contributed by atoms with Crippen LogP contribution in [0.2, 0.25) is 10.0 Å². The molecule has 0 unspecified atom stereocenters. The Morgan fingerprint density at radius 3 is 2.80 bits per heavy atom. The van der Waals surface area contributed by atoms with Crippen molar-refractivity contribution in [2.75, 3.05) is 0 Å². The number of hydrogen-bond acceptors (Lipinski definition) is 1. The Balaban J connectivity index is 1.56. The Hall–Kier alpha value is -1.49. The molecule has 0 saturated carbocycles. The summed E-state index contributed by atoms with van der Waals surface area (Å²) in [7, 11) is 0. The van der Waals surface area contributed by atoms with Crippen LogP contribution < -0.4 is 5.32 Å². The van der Waals surface area contributed by atoms with Crippen LogP contribution in [0.25, 0.3) is 10.9 Å². The third-order valence-electron chi connectivity index (χ3n) is 4.67. The van der Waals surface area contributed by atoms with E-state index in [1.165, 1.54) is 16.6 Å². The molecule has 0 fully saturated rings. The van der Waals surface area contributed by atoms with Gasteiger partial charge in [0.1, 0.15) is 0 Å². The largest absolute Gasteiger partial charge is 0.358 e. The van der Waals surface area contributed by atoms with E-state index in [9.17, 15) is 4.79 Å². The van der Waals surface area contributed by atoms with E-state index in [1.54, 1.807) is 18.2 Å². The molecule has 3 aromatic rings. The zero-order chi connectivity index (χ0) is 17.6. The molecule has 25 heavy (non-hydrogen) atoms. The first-order valence-electron chi connectivity index (χ1n) is 8.06. The van der Waals surface area contributed by atoms with Gasteiger partial charge in [0.25, 0.3) is 5.91 Å². The molecule has 0 aliphatic heterocycles. The lowest BCUT2D eigenvalue weighted by Crippen LogP contribution is -2.38. The molecule has 1 heterocycles. The standard InChI is InChI=1S/C19H15BrCl2N2O/c20-11-2-5-17-13(8-11)14-9-12(3-6-18(14)24-17)23-19(25)10-1-4-15(21)16(22)7-10/h1-2,4-5,7-8,12,24H,3,6,9H2,(H,23,25)/t12-/m1/s1. The SMILES string of the molecule is O=C(N[C@@H]1CCc2[nH]c3ccc(Br)cc3c2C1)c1ccc(Cl)c(Cl)c1. The highest BCUT2D eigenvalue weighted by Crippen LogP contribution is 2.31. The van der Waals surface area contributed by atoms with Crippen molar-refractivity contribution >= 4 is 55.9 Å². The number of hydrogen-bond donors (Lipinski definition) is 2. The molecular formula is C19H15BrCl2N2O. The van der Waals surface area contributed by atoms with Crippen molar-refractivity contribution in [2.24, 2.45) is 0 Å². The minimum absolute atomic E-state index is 0.104. The molecule has 0 radical (unpaired) electrons. The molecule has 128 valence electrons. The van der Waals surface area contributed by atoms with Crippen LogP contribution in [0, 0.1) is 0 Å². The fraction of sp³-hybridized carbons (Fsp3) is 0.211. The van der Waals surface area contributed by atoms with Crippen LogP contribution in [0.15, 0.2) is 40.9 Å². The first-order chi connectivity index (χ1) is 12.0. The maximum atomic E-state index is 12.5. The zero-order valence-electron chi connectivity index (χ0n) is 13.2. The van der Waals surface area contributed by atoms with E-state index in [1.807, 2.05) is 6.07 Å². The lowest BCUT2D eigenvalue weighted by molar-refractivity contribution is 0.0933. The third kappa shape index (κ3) is 3.31. The lowest BCUT2D eigenvalue weighted by atomic mass is 9.91. The Labute approximate surface area is 163 Å². The fourth-order valence-electron chi connectivity index (χ4n) is 3.42. The summed E-state index contributed by atoms with van der Waals surface area (Å²) in [5, 5.41) is 5.19. The van der Waals surface area contributed by atoms with E-state index in [2.05, 4.69) is 38.4 Å². The number of carbonyl (C=O) groups excluding carboxylic acids is 1. The van der Waals surface area contributed by atoms with E-state index in [4.69, 9.17) is 23.2 Å². The third-order valence-corrected chi connectivity index (χ3v) is 5.90. The minimum Gasteiger partial charge on any atom is -0.358 e. The highest BCUT2D eigenvalue weighted by molar-refractivity contribution is 9.10. The predicted octanol–water partition coefficient (Wildman–Crippen LogP) is 5.52. The monoisotopic (exact) mass is 436 g/mol. The number of fused-ring (bicyclic) bond motifs is 3. The minimum atomic E-state index is -0.118. The molecule has 2 aromatic carbocycles.